The average molecular weight is 424 g/mol. The van der Waals surface area contributed by atoms with Crippen molar-refractivity contribution in [2.75, 3.05) is 48.8 Å². The Morgan fingerprint density at radius 1 is 0.933 bits per heavy atom. The van der Waals surface area contributed by atoms with Crippen LogP contribution in [0.1, 0.15) is 11.1 Å². The zero-order valence-electron chi connectivity index (χ0n) is 17.5. The molecule has 0 saturated carbocycles. The highest BCUT2D eigenvalue weighted by Crippen LogP contribution is 2.26. The lowest BCUT2D eigenvalue weighted by Crippen LogP contribution is -2.44. The zero-order chi connectivity index (χ0) is 21.3. The number of likely N-dealkylation sites (N-methyl/N-ethyl adjacent to an activating group) is 1. The minimum atomic E-state index is -0.311. The third-order valence-corrected chi connectivity index (χ3v) is 5.92. The first kappa shape index (κ1) is 20.4. The summed E-state index contributed by atoms with van der Waals surface area (Å²) in [6, 6.07) is 13.1. The van der Waals surface area contributed by atoms with Crippen LogP contribution in [-0.4, -0.2) is 49.1 Å². The SMILES string of the molecule is Cc1ccc(NC(=O)Nc2ccc3nc(N4CCN(C)CC4)cc(C)c3c2)cc1Cl. The van der Waals surface area contributed by atoms with Gasteiger partial charge in [0.1, 0.15) is 5.82 Å². The fourth-order valence-electron chi connectivity index (χ4n) is 3.62. The van der Waals surface area contributed by atoms with Crippen molar-refractivity contribution < 1.29 is 4.79 Å². The molecule has 0 spiro atoms. The van der Waals surface area contributed by atoms with E-state index in [1.807, 2.05) is 37.3 Å². The molecule has 156 valence electrons. The van der Waals surface area contributed by atoms with Gasteiger partial charge in [0.15, 0.2) is 0 Å². The number of rotatable bonds is 3. The predicted molar refractivity (Wildman–Crippen MR) is 125 cm³/mol. The number of piperazine rings is 1. The molecule has 1 fully saturated rings. The van der Waals surface area contributed by atoms with E-state index in [-0.39, 0.29) is 6.03 Å². The van der Waals surface area contributed by atoms with Gasteiger partial charge in [-0.15, -0.1) is 0 Å². The number of aryl methyl sites for hydroxylation is 2. The number of urea groups is 1. The number of hydrogen-bond acceptors (Lipinski definition) is 4. The summed E-state index contributed by atoms with van der Waals surface area (Å²) in [4.78, 5) is 21.9. The summed E-state index contributed by atoms with van der Waals surface area (Å²) in [7, 11) is 2.15. The highest BCUT2D eigenvalue weighted by Gasteiger charge is 2.16. The van der Waals surface area contributed by atoms with Crippen molar-refractivity contribution in [3.63, 3.8) is 0 Å². The Morgan fingerprint density at radius 2 is 1.60 bits per heavy atom. The van der Waals surface area contributed by atoms with Gasteiger partial charge in [-0.3, -0.25) is 0 Å². The number of nitrogens with zero attached hydrogens (tertiary/aromatic N) is 3. The van der Waals surface area contributed by atoms with Gasteiger partial charge < -0.3 is 20.4 Å². The maximum absolute atomic E-state index is 12.4. The van der Waals surface area contributed by atoms with Crippen LogP contribution in [0.2, 0.25) is 5.02 Å². The van der Waals surface area contributed by atoms with Crippen molar-refractivity contribution in [1.29, 1.82) is 0 Å². The van der Waals surface area contributed by atoms with E-state index in [2.05, 4.69) is 40.5 Å². The third-order valence-electron chi connectivity index (χ3n) is 5.52. The molecule has 0 unspecified atom stereocenters. The van der Waals surface area contributed by atoms with E-state index in [1.165, 1.54) is 0 Å². The molecule has 7 heteroatoms. The van der Waals surface area contributed by atoms with Crippen molar-refractivity contribution in [1.82, 2.24) is 9.88 Å². The molecule has 4 rings (SSSR count). The molecule has 1 aliphatic rings. The van der Waals surface area contributed by atoms with Crippen molar-refractivity contribution >= 4 is 45.7 Å². The van der Waals surface area contributed by atoms with Crippen LogP contribution in [0.25, 0.3) is 10.9 Å². The molecule has 2 aromatic carbocycles. The minimum absolute atomic E-state index is 0.311. The minimum Gasteiger partial charge on any atom is -0.354 e. The number of carbonyl (C=O) groups is 1. The lowest BCUT2D eigenvalue weighted by molar-refractivity contribution is 0.262. The second-order valence-corrected chi connectivity index (χ2v) is 8.27. The Kier molecular flexibility index (Phi) is 5.79. The number of hydrogen-bond donors (Lipinski definition) is 2. The van der Waals surface area contributed by atoms with E-state index in [0.717, 1.165) is 59.7 Å². The molecule has 1 aromatic heterocycles. The van der Waals surface area contributed by atoms with E-state index in [4.69, 9.17) is 16.6 Å². The van der Waals surface area contributed by atoms with E-state index >= 15 is 0 Å². The van der Waals surface area contributed by atoms with Crippen LogP contribution >= 0.6 is 11.6 Å². The highest BCUT2D eigenvalue weighted by atomic mass is 35.5. The fraction of sp³-hybridized carbons (Fsp3) is 0.304. The molecule has 2 amide bonds. The number of benzene rings is 2. The monoisotopic (exact) mass is 423 g/mol. The Morgan fingerprint density at radius 3 is 2.30 bits per heavy atom. The molecule has 0 bridgehead atoms. The summed E-state index contributed by atoms with van der Waals surface area (Å²) in [5.74, 6) is 1.02. The second-order valence-electron chi connectivity index (χ2n) is 7.86. The lowest BCUT2D eigenvalue weighted by atomic mass is 10.1. The van der Waals surface area contributed by atoms with Gasteiger partial charge in [-0.2, -0.15) is 0 Å². The topological polar surface area (TPSA) is 60.5 Å². The van der Waals surface area contributed by atoms with Gasteiger partial charge in [0.25, 0.3) is 0 Å². The van der Waals surface area contributed by atoms with E-state index in [0.29, 0.717) is 10.7 Å². The molecular formula is C23H26ClN5O. The van der Waals surface area contributed by atoms with Gasteiger partial charge in [-0.05, 0) is 68.4 Å². The van der Waals surface area contributed by atoms with Crippen molar-refractivity contribution in [3.8, 4) is 0 Å². The molecule has 2 heterocycles. The molecule has 1 saturated heterocycles. The summed E-state index contributed by atoms with van der Waals surface area (Å²) in [6.07, 6.45) is 0. The summed E-state index contributed by atoms with van der Waals surface area (Å²) in [5.41, 5.74) is 4.41. The second kappa shape index (κ2) is 8.50. The van der Waals surface area contributed by atoms with Gasteiger partial charge in [0.2, 0.25) is 0 Å². The maximum Gasteiger partial charge on any atom is 0.323 e. The lowest BCUT2D eigenvalue weighted by Gasteiger charge is -2.33. The molecule has 3 aromatic rings. The number of amides is 2. The normalized spacial score (nSPS) is 14.7. The Labute approximate surface area is 181 Å². The quantitative estimate of drug-likeness (QED) is 0.629. The van der Waals surface area contributed by atoms with Crippen LogP contribution in [0.15, 0.2) is 42.5 Å². The maximum atomic E-state index is 12.4. The number of nitrogens with one attached hydrogen (secondary N) is 2. The van der Waals surface area contributed by atoms with Gasteiger partial charge in [0.05, 0.1) is 5.52 Å². The van der Waals surface area contributed by atoms with E-state index < -0.39 is 0 Å². The first-order chi connectivity index (χ1) is 14.4. The van der Waals surface area contributed by atoms with E-state index in [1.54, 1.807) is 6.07 Å². The highest BCUT2D eigenvalue weighted by molar-refractivity contribution is 6.31. The largest absolute Gasteiger partial charge is 0.354 e. The number of pyridine rings is 1. The van der Waals surface area contributed by atoms with Crippen molar-refractivity contribution in [3.05, 3.63) is 58.6 Å². The molecule has 0 radical (unpaired) electrons. The molecule has 1 aliphatic heterocycles. The summed E-state index contributed by atoms with van der Waals surface area (Å²) < 4.78 is 0. The van der Waals surface area contributed by atoms with Gasteiger partial charge in [-0.1, -0.05) is 17.7 Å². The van der Waals surface area contributed by atoms with Crippen molar-refractivity contribution in [2.45, 2.75) is 13.8 Å². The molecular weight excluding hydrogens is 398 g/mol. The first-order valence-electron chi connectivity index (χ1n) is 10.1. The number of aromatic nitrogens is 1. The van der Waals surface area contributed by atoms with Crippen LogP contribution in [0, 0.1) is 13.8 Å². The molecule has 0 aliphatic carbocycles. The zero-order valence-corrected chi connectivity index (χ0v) is 18.3. The molecule has 0 atom stereocenters. The fourth-order valence-corrected chi connectivity index (χ4v) is 3.80. The summed E-state index contributed by atoms with van der Waals surface area (Å²) >= 11 is 6.13. The smallest absolute Gasteiger partial charge is 0.323 e. The van der Waals surface area contributed by atoms with Crippen LogP contribution in [0.3, 0.4) is 0 Å². The van der Waals surface area contributed by atoms with Gasteiger partial charge in [0, 0.05) is 48.0 Å². The predicted octanol–water partition coefficient (Wildman–Crippen LogP) is 4.90. The molecule has 2 N–H and O–H groups in total. The Balaban J connectivity index is 1.50. The number of fused-ring (bicyclic) bond motifs is 1. The standard InChI is InChI=1S/C23H26ClN5O/c1-15-4-5-18(14-20(15)24)26-23(30)25-17-6-7-21-19(13-17)16(2)12-22(27-21)29-10-8-28(3)9-11-29/h4-7,12-14H,8-11H2,1-3H3,(H2,25,26,30). The number of anilines is 3. The van der Waals surface area contributed by atoms with Crippen LogP contribution in [0.4, 0.5) is 22.0 Å². The number of halogens is 1. The molecule has 6 nitrogen and oxygen atoms in total. The summed E-state index contributed by atoms with van der Waals surface area (Å²) in [5, 5.41) is 7.36. The Bertz CT molecular complexity index is 1090. The first-order valence-corrected chi connectivity index (χ1v) is 10.5. The summed E-state index contributed by atoms with van der Waals surface area (Å²) in [6.45, 7) is 8.06. The number of carbonyl (C=O) groups excluding carboxylic acids is 1. The van der Waals surface area contributed by atoms with Gasteiger partial charge >= 0.3 is 6.03 Å². The average Bonchev–Trinajstić information content (AvgIpc) is 2.71. The van der Waals surface area contributed by atoms with Crippen molar-refractivity contribution in [2.24, 2.45) is 0 Å². The van der Waals surface area contributed by atoms with Gasteiger partial charge in [-0.25, -0.2) is 9.78 Å². The third kappa shape index (κ3) is 4.50. The van der Waals surface area contributed by atoms with Crippen LogP contribution in [0.5, 0.6) is 0 Å². The van der Waals surface area contributed by atoms with Crippen LogP contribution < -0.4 is 15.5 Å². The van der Waals surface area contributed by atoms with E-state index in [9.17, 15) is 4.79 Å². The Hall–Kier alpha value is -2.83. The van der Waals surface area contributed by atoms with Crippen LogP contribution in [-0.2, 0) is 0 Å². The molecule has 30 heavy (non-hydrogen) atoms.